The molecule has 2 aromatic heterocycles. The zero-order valence-electron chi connectivity index (χ0n) is 13.0. The summed E-state index contributed by atoms with van der Waals surface area (Å²) >= 11 is 3.43. The molecule has 0 saturated carbocycles. The summed E-state index contributed by atoms with van der Waals surface area (Å²) in [6, 6.07) is 17.9. The van der Waals surface area contributed by atoms with Gasteiger partial charge in [-0.15, -0.1) is 0 Å². The highest BCUT2D eigenvalue weighted by Crippen LogP contribution is 2.18. The number of hydrogen-bond acceptors (Lipinski definition) is 3. The number of pyridine rings is 1. The minimum atomic E-state index is -0.435. The van der Waals surface area contributed by atoms with Crippen LogP contribution in [0.15, 0.2) is 87.1 Å². The molecule has 0 aliphatic rings. The van der Waals surface area contributed by atoms with Gasteiger partial charge in [-0.1, -0.05) is 34.1 Å². The largest absolute Gasteiger partial charge is 0.340 e. The molecule has 0 N–H and O–H groups in total. The normalized spacial score (nSPS) is 10.9. The SMILES string of the molecule is O=c1c2ccccc2n(-c2cccc(Br)c2)c(=O)n1-c1cccnc1. The van der Waals surface area contributed by atoms with Gasteiger partial charge in [0, 0.05) is 10.7 Å². The second kappa shape index (κ2) is 6.14. The maximum atomic E-state index is 13.2. The van der Waals surface area contributed by atoms with E-state index in [1.807, 2.05) is 30.3 Å². The van der Waals surface area contributed by atoms with Crippen LogP contribution in [-0.4, -0.2) is 14.1 Å². The van der Waals surface area contributed by atoms with E-state index in [2.05, 4.69) is 20.9 Å². The van der Waals surface area contributed by atoms with Gasteiger partial charge in [-0.3, -0.25) is 14.3 Å². The highest BCUT2D eigenvalue weighted by molar-refractivity contribution is 9.10. The minimum absolute atomic E-state index is 0.361. The Balaban J connectivity index is 2.20. The Morgan fingerprint density at radius 2 is 1.64 bits per heavy atom. The lowest BCUT2D eigenvalue weighted by Gasteiger charge is -2.14. The number of nitrogens with zero attached hydrogens (tertiary/aromatic N) is 3. The molecular formula is C19H12BrN3O2. The van der Waals surface area contributed by atoms with E-state index in [0.29, 0.717) is 22.3 Å². The number of para-hydroxylation sites is 1. The predicted octanol–water partition coefficient (Wildman–Crippen LogP) is 3.30. The zero-order chi connectivity index (χ0) is 17.4. The molecule has 0 bridgehead atoms. The number of rotatable bonds is 2. The highest BCUT2D eigenvalue weighted by atomic mass is 79.9. The Kier molecular flexibility index (Phi) is 3.82. The van der Waals surface area contributed by atoms with Crippen molar-refractivity contribution in [2.45, 2.75) is 0 Å². The maximum absolute atomic E-state index is 13.2. The summed E-state index contributed by atoms with van der Waals surface area (Å²) < 4.78 is 3.53. The van der Waals surface area contributed by atoms with E-state index < -0.39 is 5.69 Å². The molecule has 2 aromatic carbocycles. The maximum Gasteiger partial charge on any atom is 0.340 e. The summed E-state index contributed by atoms with van der Waals surface area (Å²) in [6.07, 6.45) is 3.10. The fourth-order valence-electron chi connectivity index (χ4n) is 2.84. The number of hydrogen-bond donors (Lipinski definition) is 0. The summed E-state index contributed by atoms with van der Waals surface area (Å²) in [5.41, 5.74) is 0.880. The van der Waals surface area contributed by atoms with Crippen molar-refractivity contribution in [1.29, 1.82) is 0 Å². The monoisotopic (exact) mass is 393 g/mol. The molecule has 4 rings (SSSR count). The Morgan fingerprint density at radius 1 is 0.840 bits per heavy atom. The van der Waals surface area contributed by atoms with Crippen LogP contribution in [0, 0.1) is 0 Å². The smallest absolute Gasteiger partial charge is 0.268 e. The summed E-state index contributed by atoms with van der Waals surface area (Å²) in [5.74, 6) is 0. The van der Waals surface area contributed by atoms with Crippen LogP contribution in [0.1, 0.15) is 0 Å². The molecule has 0 radical (unpaired) electrons. The Hall–Kier alpha value is -2.99. The fraction of sp³-hybridized carbons (Fsp3) is 0. The first-order chi connectivity index (χ1) is 12.2. The van der Waals surface area contributed by atoms with Crippen molar-refractivity contribution in [3.63, 3.8) is 0 Å². The molecule has 0 amide bonds. The third-order valence-electron chi connectivity index (χ3n) is 3.93. The van der Waals surface area contributed by atoms with Gasteiger partial charge in [0.1, 0.15) is 0 Å². The first-order valence-electron chi connectivity index (χ1n) is 7.60. The first-order valence-corrected chi connectivity index (χ1v) is 8.39. The Labute approximate surface area is 150 Å². The van der Waals surface area contributed by atoms with Crippen LogP contribution >= 0.6 is 15.9 Å². The van der Waals surface area contributed by atoms with Gasteiger partial charge in [0.25, 0.3) is 5.56 Å². The molecule has 2 heterocycles. The van der Waals surface area contributed by atoms with Crippen molar-refractivity contribution < 1.29 is 0 Å². The van der Waals surface area contributed by atoms with Crippen LogP contribution in [0.4, 0.5) is 0 Å². The van der Waals surface area contributed by atoms with Crippen molar-refractivity contribution in [3.8, 4) is 11.4 Å². The Bertz CT molecular complexity index is 1200. The van der Waals surface area contributed by atoms with Crippen LogP contribution in [-0.2, 0) is 0 Å². The van der Waals surface area contributed by atoms with E-state index in [4.69, 9.17) is 0 Å². The average Bonchev–Trinajstić information content (AvgIpc) is 2.63. The quantitative estimate of drug-likeness (QED) is 0.524. The molecule has 122 valence electrons. The standard InChI is InChI=1S/C19H12BrN3O2/c20-13-5-3-6-14(11-13)22-17-9-2-1-8-16(17)18(24)23(19(22)25)15-7-4-10-21-12-15/h1-12H. The van der Waals surface area contributed by atoms with E-state index >= 15 is 0 Å². The lowest BCUT2D eigenvalue weighted by atomic mass is 10.2. The summed E-state index contributed by atoms with van der Waals surface area (Å²) in [4.78, 5) is 30.1. The molecule has 0 saturated heterocycles. The van der Waals surface area contributed by atoms with Gasteiger partial charge >= 0.3 is 5.69 Å². The van der Waals surface area contributed by atoms with Crippen LogP contribution in [0.25, 0.3) is 22.3 Å². The Morgan fingerprint density at radius 3 is 2.40 bits per heavy atom. The molecular weight excluding hydrogens is 382 g/mol. The molecule has 5 nitrogen and oxygen atoms in total. The van der Waals surface area contributed by atoms with Crippen molar-refractivity contribution in [3.05, 3.63) is 98.4 Å². The van der Waals surface area contributed by atoms with Crippen LogP contribution < -0.4 is 11.2 Å². The molecule has 0 fully saturated rings. The second-order valence-corrected chi connectivity index (χ2v) is 6.38. The van der Waals surface area contributed by atoms with Gasteiger partial charge in [-0.2, -0.15) is 0 Å². The predicted molar refractivity (Wildman–Crippen MR) is 101 cm³/mol. The highest BCUT2D eigenvalue weighted by Gasteiger charge is 2.15. The van der Waals surface area contributed by atoms with E-state index in [-0.39, 0.29) is 5.56 Å². The molecule has 0 spiro atoms. The van der Waals surface area contributed by atoms with Crippen molar-refractivity contribution in [2.24, 2.45) is 0 Å². The molecule has 0 atom stereocenters. The van der Waals surface area contributed by atoms with Crippen LogP contribution in [0.5, 0.6) is 0 Å². The third kappa shape index (κ3) is 2.60. The first kappa shape index (κ1) is 15.5. The van der Waals surface area contributed by atoms with Gasteiger partial charge in [-0.05, 0) is 42.5 Å². The number of fused-ring (bicyclic) bond motifs is 1. The summed E-state index contributed by atoms with van der Waals surface area (Å²) in [6.45, 7) is 0. The van der Waals surface area contributed by atoms with Crippen molar-refractivity contribution >= 4 is 26.8 Å². The summed E-state index contributed by atoms with van der Waals surface area (Å²) in [7, 11) is 0. The molecule has 0 unspecified atom stereocenters. The van der Waals surface area contributed by atoms with Gasteiger partial charge in [0.2, 0.25) is 0 Å². The lowest BCUT2D eigenvalue weighted by Crippen LogP contribution is -2.38. The lowest BCUT2D eigenvalue weighted by molar-refractivity contribution is 0.830. The van der Waals surface area contributed by atoms with Crippen LogP contribution in [0.2, 0.25) is 0 Å². The van der Waals surface area contributed by atoms with Gasteiger partial charge in [-0.25, -0.2) is 9.36 Å². The van der Waals surface area contributed by atoms with Crippen LogP contribution in [0.3, 0.4) is 0 Å². The number of aromatic nitrogens is 3. The van der Waals surface area contributed by atoms with Crippen molar-refractivity contribution in [2.75, 3.05) is 0 Å². The third-order valence-corrected chi connectivity index (χ3v) is 4.42. The second-order valence-electron chi connectivity index (χ2n) is 5.47. The van der Waals surface area contributed by atoms with E-state index in [0.717, 1.165) is 9.04 Å². The van der Waals surface area contributed by atoms with E-state index in [1.54, 1.807) is 36.5 Å². The molecule has 4 aromatic rings. The minimum Gasteiger partial charge on any atom is -0.268 e. The fourth-order valence-corrected chi connectivity index (χ4v) is 3.23. The zero-order valence-corrected chi connectivity index (χ0v) is 14.6. The van der Waals surface area contributed by atoms with E-state index in [1.165, 1.54) is 10.8 Å². The number of benzene rings is 2. The average molecular weight is 394 g/mol. The van der Waals surface area contributed by atoms with Gasteiger partial charge in [0.15, 0.2) is 0 Å². The van der Waals surface area contributed by atoms with Gasteiger partial charge in [0.05, 0.1) is 28.5 Å². The molecule has 0 aliphatic heterocycles. The van der Waals surface area contributed by atoms with Gasteiger partial charge < -0.3 is 0 Å². The molecule has 25 heavy (non-hydrogen) atoms. The van der Waals surface area contributed by atoms with E-state index in [9.17, 15) is 9.59 Å². The molecule has 6 heteroatoms. The molecule has 0 aliphatic carbocycles. The summed E-state index contributed by atoms with van der Waals surface area (Å²) in [5, 5.41) is 0.464. The topological polar surface area (TPSA) is 56.9 Å². The number of halogens is 1. The van der Waals surface area contributed by atoms with Crippen molar-refractivity contribution in [1.82, 2.24) is 14.1 Å².